The van der Waals surface area contributed by atoms with Crippen molar-refractivity contribution in [3.05, 3.63) is 61.9 Å². The summed E-state index contributed by atoms with van der Waals surface area (Å²) in [6.07, 6.45) is -4.92. The molecule has 2 aromatic rings. The van der Waals surface area contributed by atoms with Crippen molar-refractivity contribution in [1.29, 1.82) is 0 Å². The molecule has 1 aromatic heterocycles. The van der Waals surface area contributed by atoms with Crippen LogP contribution in [-0.2, 0) is 6.18 Å². The van der Waals surface area contributed by atoms with Gasteiger partial charge in [-0.25, -0.2) is 14.0 Å². The maximum atomic E-state index is 12.7. The van der Waals surface area contributed by atoms with E-state index < -0.39 is 23.1 Å². The number of benzene rings is 1. The molecule has 0 atom stereocenters. The van der Waals surface area contributed by atoms with Gasteiger partial charge in [0.05, 0.1) is 5.69 Å². The zero-order valence-electron chi connectivity index (χ0n) is 11.7. The minimum atomic E-state index is -4.92. The topological polar surface area (TPSA) is 96.0 Å². The fourth-order valence-corrected chi connectivity index (χ4v) is 2.30. The van der Waals surface area contributed by atoms with E-state index in [0.717, 1.165) is 0 Å². The molecule has 0 aliphatic rings. The predicted octanol–water partition coefficient (Wildman–Crippen LogP) is 0.674. The first-order valence-electron chi connectivity index (χ1n) is 6.16. The highest BCUT2D eigenvalue weighted by molar-refractivity contribution is 7.80. The number of alkyl halides is 3. The second-order valence-electron chi connectivity index (χ2n) is 4.72. The van der Waals surface area contributed by atoms with Crippen molar-refractivity contribution in [3.8, 4) is 5.69 Å². The average molecular weight is 344 g/mol. The summed E-state index contributed by atoms with van der Waals surface area (Å²) in [7, 11) is 0. The molecule has 122 valence electrons. The van der Waals surface area contributed by atoms with Crippen LogP contribution in [-0.4, -0.2) is 14.2 Å². The normalized spacial score (nSPS) is 11.5. The molecule has 0 fully saturated rings. The Morgan fingerprint density at radius 3 is 2.30 bits per heavy atom. The average Bonchev–Trinajstić information content (AvgIpc) is 2.41. The molecule has 23 heavy (non-hydrogen) atoms. The molecular formula is C13H11F3N4O2S. The van der Waals surface area contributed by atoms with Crippen molar-refractivity contribution >= 4 is 17.2 Å². The Morgan fingerprint density at radius 1 is 1.22 bits per heavy atom. The zero-order valence-corrected chi connectivity index (χ0v) is 12.5. The van der Waals surface area contributed by atoms with E-state index in [9.17, 15) is 22.8 Å². The molecule has 0 bridgehead atoms. The molecule has 0 saturated heterocycles. The lowest BCUT2D eigenvalue weighted by Gasteiger charge is -2.14. The maximum Gasteiger partial charge on any atom is 0.433 e. The van der Waals surface area contributed by atoms with Crippen LogP contribution >= 0.6 is 12.2 Å². The van der Waals surface area contributed by atoms with E-state index in [1.807, 2.05) is 0 Å². The van der Waals surface area contributed by atoms with Gasteiger partial charge in [-0.05, 0) is 30.7 Å². The number of thiocarbonyl (C=S) groups is 1. The minimum absolute atomic E-state index is 0.0606. The van der Waals surface area contributed by atoms with E-state index in [-0.39, 0.29) is 21.4 Å². The van der Waals surface area contributed by atoms with Crippen LogP contribution in [0.3, 0.4) is 0 Å². The number of aromatic nitrogens is 2. The summed E-state index contributed by atoms with van der Waals surface area (Å²) in [4.78, 5) is 24.1. The SMILES string of the molecule is Cc1cc(-n2c(=O)cc(C(F)(F)F)n(N)c2=O)ccc1C(N)=S. The number of nitrogens with two attached hydrogens (primary N) is 2. The highest BCUT2D eigenvalue weighted by Gasteiger charge is 2.35. The molecule has 0 amide bonds. The Hall–Kier alpha value is -2.62. The second-order valence-corrected chi connectivity index (χ2v) is 5.16. The van der Waals surface area contributed by atoms with Crippen molar-refractivity contribution in [1.82, 2.24) is 9.24 Å². The first-order valence-corrected chi connectivity index (χ1v) is 6.57. The molecule has 0 aliphatic carbocycles. The standard InChI is InChI=1S/C13H11F3N4O2S/c1-6-4-7(2-3-8(6)11(17)23)19-10(21)5-9(13(14,15)16)20(18)12(19)22/h2-5H,18H2,1H3,(H2,17,23). The fourth-order valence-electron chi connectivity index (χ4n) is 2.08. The molecule has 0 radical (unpaired) electrons. The van der Waals surface area contributed by atoms with Gasteiger partial charge in [0.15, 0.2) is 5.69 Å². The summed E-state index contributed by atoms with van der Waals surface area (Å²) < 4.78 is 38.6. The molecule has 0 aliphatic heterocycles. The van der Waals surface area contributed by atoms with E-state index in [1.54, 1.807) is 6.92 Å². The Labute approximate surface area is 132 Å². The molecule has 6 nitrogen and oxygen atoms in total. The van der Waals surface area contributed by atoms with Crippen LogP contribution in [0.15, 0.2) is 33.9 Å². The first-order chi connectivity index (χ1) is 10.5. The smallest absolute Gasteiger partial charge is 0.389 e. The lowest BCUT2D eigenvalue weighted by molar-refractivity contribution is -0.143. The van der Waals surface area contributed by atoms with Gasteiger partial charge < -0.3 is 11.6 Å². The second kappa shape index (κ2) is 5.54. The third kappa shape index (κ3) is 2.97. The van der Waals surface area contributed by atoms with Crippen LogP contribution in [0.5, 0.6) is 0 Å². The lowest BCUT2D eigenvalue weighted by atomic mass is 10.1. The molecule has 0 spiro atoms. The Balaban J connectivity index is 2.74. The molecule has 10 heteroatoms. The molecular weight excluding hydrogens is 333 g/mol. The van der Waals surface area contributed by atoms with Crippen molar-refractivity contribution in [3.63, 3.8) is 0 Å². The molecule has 0 saturated carbocycles. The summed E-state index contributed by atoms with van der Waals surface area (Å²) in [5.74, 6) is 5.18. The number of hydrogen-bond acceptors (Lipinski definition) is 4. The highest BCUT2D eigenvalue weighted by Crippen LogP contribution is 2.26. The van der Waals surface area contributed by atoms with Gasteiger partial charge in [-0.3, -0.25) is 4.79 Å². The van der Waals surface area contributed by atoms with Crippen LogP contribution in [0.1, 0.15) is 16.8 Å². The van der Waals surface area contributed by atoms with Crippen LogP contribution in [0, 0.1) is 6.92 Å². The maximum absolute atomic E-state index is 12.7. The van der Waals surface area contributed by atoms with E-state index >= 15 is 0 Å². The monoisotopic (exact) mass is 344 g/mol. The van der Waals surface area contributed by atoms with E-state index in [2.05, 4.69) is 0 Å². The zero-order chi connectivity index (χ0) is 17.5. The van der Waals surface area contributed by atoms with Crippen molar-refractivity contribution in [2.75, 3.05) is 5.84 Å². The summed E-state index contributed by atoms with van der Waals surface area (Å²) in [6, 6.07) is 4.48. The lowest BCUT2D eigenvalue weighted by Crippen LogP contribution is -2.45. The van der Waals surface area contributed by atoms with Crippen LogP contribution < -0.4 is 22.8 Å². The molecule has 1 aromatic carbocycles. The summed E-state index contributed by atoms with van der Waals surface area (Å²) >= 11 is 4.84. The predicted molar refractivity (Wildman–Crippen MR) is 82.1 cm³/mol. The summed E-state index contributed by atoms with van der Waals surface area (Å²) in [5, 5.41) is 0. The third-order valence-electron chi connectivity index (χ3n) is 3.16. The summed E-state index contributed by atoms with van der Waals surface area (Å²) in [5.41, 5.74) is 2.67. The van der Waals surface area contributed by atoms with E-state index in [1.165, 1.54) is 18.2 Å². The molecule has 4 N–H and O–H groups in total. The number of halogens is 3. The fraction of sp³-hybridized carbons (Fsp3) is 0.154. The van der Waals surface area contributed by atoms with Crippen LogP contribution in [0.25, 0.3) is 5.69 Å². The van der Waals surface area contributed by atoms with Crippen LogP contribution in [0.2, 0.25) is 0 Å². The number of rotatable bonds is 2. The van der Waals surface area contributed by atoms with Gasteiger partial charge in [0, 0.05) is 11.6 Å². The Morgan fingerprint density at radius 2 is 1.83 bits per heavy atom. The van der Waals surface area contributed by atoms with E-state index in [4.69, 9.17) is 23.8 Å². The molecule has 0 unspecified atom stereocenters. The van der Waals surface area contributed by atoms with Gasteiger partial charge in [0.2, 0.25) is 0 Å². The van der Waals surface area contributed by atoms with Gasteiger partial charge in [-0.2, -0.15) is 13.2 Å². The quantitative estimate of drug-likeness (QED) is 0.617. The summed E-state index contributed by atoms with van der Waals surface area (Å²) in [6.45, 7) is 1.63. The number of nitrogens with zero attached hydrogens (tertiary/aromatic N) is 2. The van der Waals surface area contributed by atoms with Gasteiger partial charge in [-0.1, -0.05) is 12.2 Å². The van der Waals surface area contributed by atoms with E-state index in [0.29, 0.717) is 15.7 Å². The Kier molecular flexibility index (Phi) is 4.03. The minimum Gasteiger partial charge on any atom is -0.389 e. The number of aryl methyl sites for hydroxylation is 1. The number of hydrogen-bond donors (Lipinski definition) is 2. The van der Waals surface area contributed by atoms with Crippen molar-refractivity contribution in [2.45, 2.75) is 13.1 Å². The molecule has 2 rings (SSSR count). The van der Waals surface area contributed by atoms with Gasteiger partial charge >= 0.3 is 11.9 Å². The van der Waals surface area contributed by atoms with Gasteiger partial charge in [-0.15, -0.1) is 0 Å². The van der Waals surface area contributed by atoms with Crippen molar-refractivity contribution < 1.29 is 13.2 Å². The molecule has 1 heterocycles. The van der Waals surface area contributed by atoms with Gasteiger partial charge in [0.25, 0.3) is 5.56 Å². The third-order valence-corrected chi connectivity index (χ3v) is 3.38. The number of nitrogen functional groups attached to an aromatic ring is 1. The Bertz CT molecular complexity index is 915. The first kappa shape index (κ1) is 16.7. The highest BCUT2D eigenvalue weighted by atomic mass is 32.1. The van der Waals surface area contributed by atoms with Crippen LogP contribution in [0.4, 0.5) is 13.2 Å². The van der Waals surface area contributed by atoms with Crippen molar-refractivity contribution in [2.24, 2.45) is 5.73 Å². The largest absolute Gasteiger partial charge is 0.433 e. The van der Waals surface area contributed by atoms with Gasteiger partial charge in [0.1, 0.15) is 4.99 Å².